The van der Waals surface area contributed by atoms with E-state index in [0.717, 1.165) is 22.2 Å². The molecule has 174 valence electrons. The van der Waals surface area contributed by atoms with Crippen LogP contribution in [-0.4, -0.2) is 66.3 Å². The van der Waals surface area contributed by atoms with Crippen LogP contribution in [0.15, 0.2) is 35.2 Å². The largest absolute Gasteiger partial charge is 0.460 e. The van der Waals surface area contributed by atoms with Gasteiger partial charge in [0.1, 0.15) is 12.3 Å². The maximum atomic E-state index is 12.6. The number of ether oxygens (including phenoxy) is 2. The van der Waals surface area contributed by atoms with E-state index < -0.39 is 17.8 Å². The molecule has 0 unspecified atom stereocenters. The third-order valence-electron chi connectivity index (χ3n) is 4.98. The second-order valence-corrected chi connectivity index (χ2v) is 8.25. The molecule has 2 N–H and O–H groups in total. The smallest absolute Gasteiger partial charge is 0.340 e. The van der Waals surface area contributed by atoms with Gasteiger partial charge in [-0.2, -0.15) is 0 Å². The number of aromatic amines is 1. The van der Waals surface area contributed by atoms with Crippen LogP contribution in [0.2, 0.25) is 0 Å². The fourth-order valence-electron chi connectivity index (χ4n) is 3.34. The summed E-state index contributed by atoms with van der Waals surface area (Å²) in [5.74, 6) is -1.38. The Bertz CT molecular complexity index is 1090. The molecular weight excluding hydrogens is 446 g/mol. The van der Waals surface area contributed by atoms with E-state index in [4.69, 9.17) is 9.47 Å². The van der Waals surface area contributed by atoms with Crippen molar-refractivity contribution in [2.24, 2.45) is 0 Å². The van der Waals surface area contributed by atoms with Crippen LogP contribution in [0.1, 0.15) is 37.7 Å². The van der Waals surface area contributed by atoms with Gasteiger partial charge in [0.25, 0.3) is 17.1 Å². The van der Waals surface area contributed by atoms with Crippen LogP contribution >= 0.6 is 11.8 Å². The van der Waals surface area contributed by atoms with Crippen LogP contribution in [0.4, 0.5) is 4.79 Å². The number of benzene rings is 1. The highest BCUT2D eigenvalue weighted by atomic mass is 32.2. The molecule has 10 heteroatoms. The summed E-state index contributed by atoms with van der Waals surface area (Å²) in [6.07, 6.45) is 1.67. The van der Waals surface area contributed by atoms with Crippen LogP contribution < -0.4 is 5.32 Å². The molecule has 1 aromatic heterocycles. The lowest BCUT2D eigenvalue weighted by Crippen LogP contribution is -2.37. The third kappa shape index (κ3) is 5.71. The van der Waals surface area contributed by atoms with Crippen molar-refractivity contribution in [3.8, 4) is 0 Å². The highest BCUT2D eigenvalue weighted by molar-refractivity contribution is 8.18. The molecule has 0 atom stereocenters. The maximum absolute atomic E-state index is 12.6. The summed E-state index contributed by atoms with van der Waals surface area (Å²) >= 11 is 0.870. The van der Waals surface area contributed by atoms with Gasteiger partial charge >= 0.3 is 5.97 Å². The Morgan fingerprint density at radius 1 is 1.15 bits per heavy atom. The van der Waals surface area contributed by atoms with Gasteiger partial charge in [-0.25, -0.2) is 4.79 Å². The van der Waals surface area contributed by atoms with Crippen molar-refractivity contribution in [1.29, 1.82) is 0 Å². The SMILES string of the molecule is COCCOC(=O)c1c(C)[nH]c(C(=O)NCCN2C(=O)S/C(=C/c3ccccc3)C2=O)c1C. The topological polar surface area (TPSA) is 118 Å². The Morgan fingerprint density at radius 2 is 1.88 bits per heavy atom. The van der Waals surface area contributed by atoms with Gasteiger partial charge < -0.3 is 19.8 Å². The first kappa shape index (κ1) is 24.3. The van der Waals surface area contributed by atoms with Crippen molar-refractivity contribution >= 4 is 40.9 Å². The first-order chi connectivity index (χ1) is 15.8. The number of nitrogens with one attached hydrogen (secondary N) is 2. The van der Waals surface area contributed by atoms with Crippen molar-refractivity contribution in [2.45, 2.75) is 13.8 Å². The maximum Gasteiger partial charge on any atom is 0.340 e. The number of esters is 1. The van der Waals surface area contributed by atoms with E-state index in [1.807, 2.05) is 30.3 Å². The molecule has 9 nitrogen and oxygen atoms in total. The number of nitrogens with zero attached hydrogens (tertiary/aromatic N) is 1. The van der Waals surface area contributed by atoms with Crippen LogP contribution in [0.25, 0.3) is 6.08 Å². The molecule has 1 aromatic carbocycles. The summed E-state index contributed by atoms with van der Waals surface area (Å²) in [5, 5.41) is 2.30. The minimum Gasteiger partial charge on any atom is -0.460 e. The summed E-state index contributed by atoms with van der Waals surface area (Å²) in [6.45, 7) is 3.81. The van der Waals surface area contributed by atoms with Crippen LogP contribution in [-0.2, 0) is 14.3 Å². The Balaban J connectivity index is 1.59. The highest BCUT2D eigenvalue weighted by Crippen LogP contribution is 2.31. The number of carbonyl (C=O) groups excluding carboxylic acids is 4. The van der Waals surface area contributed by atoms with E-state index in [1.54, 1.807) is 19.9 Å². The second kappa shape index (κ2) is 11.0. The van der Waals surface area contributed by atoms with E-state index >= 15 is 0 Å². The molecule has 0 aliphatic carbocycles. The Morgan fingerprint density at radius 3 is 2.58 bits per heavy atom. The Kier molecular flexibility index (Phi) is 8.07. The van der Waals surface area contributed by atoms with Crippen LogP contribution in [0, 0.1) is 13.8 Å². The predicted octanol–water partition coefficient (Wildman–Crippen LogP) is 2.90. The number of hydrogen-bond acceptors (Lipinski definition) is 7. The van der Waals surface area contributed by atoms with Gasteiger partial charge in [0.2, 0.25) is 0 Å². The molecule has 0 saturated carbocycles. The molecule has 2 aromatic rings. The summed E-state index contributed by atoms with van der Waals surface area (Å²) in [7, 11) is 1.51. The highest BCUT2D eigenvalue weighted by Gasteiger charge is 2.34. The number of methoxy groups -OCH3 is 1. The lowest BCUT2D eigenvalue weighted by atomic mass is 10.1. The number of imide groups is 1. The monoisotopic (exact) mass is 471 g/mol. The third-order valence-corrected chi connectivity index (χ3v) is 5.89. The number of aromatic nitrogens is 1. The lowest BCUT2D eigenvalue weighted by molar-refractivity contribution is -0.122. The quantitative estimate of drug-likeness (QED) is 0.328. The zero-order valence-electron chi connectivity index (χ0n) is 18.6. The molecule has 0 radical (unpaired) electrons. The van der Waals surface area contributed by atoms with Crippen molar-refractivity contribution in [2.75, 3.05) is 33.4 Å². The van der Waals surface area contributed by atoms with Gasteiger partial charge in [0.15, 0.2) is 0 Å². The summed E-state index contributed by atoms with van der Waals surface area (Å²) < 4.78 is 10.0. The Hall–Kier alpha value is -3.37. The van der Waals surface area contributed by atoms with E-state index in [2.05, 4.69) is 10.3 Å². The number of H-pyrrole nitrogens is 1. The molecule has 0 bridgehead atoms. The molecule has 1 aliphatic heterocycles. The first-order valence-electron chi connectivity index (χ1n) is 10.3. The average molecular weight is 472 g/mol. The fourth-order valence-corrected chi connectivity index (χ4v) is 4.20. The Labute approximate surface area is 195 Å². The standard InChI is InChI=1S/C23H25N3O6S/c1-14-18(22(29)32-12-11-31-3)15(2)25-19(14)20(27)24-9-10-26-21(28)17(33-23(26)30)13-16-7-5-4-6-8-16/h4-8,13,25H,9-12H2,1-3H3,(H,24,27)/b17-13+. The molecule has 3 rings (SSSR count). The number of carbonyl (C=O) groups is 4. The van der Waals surface area contributed by atoms with Gasteiger partial charge in [-0.1, -0.05) is 30.3 Å². The lowest BCUT2D eigenvalue weighted by Gasteiger charge is -2.13. The normalized spacial score (nSPS) is 14.8. The van der Waals surface area contributed by atoms with Crippen molar-refractivity contribution in [3.05, 3.63) is 63.3 Å². The molecule has 1 fully saturated rings. The van der Waals surface area contributed by atoms with Gasteiger partial charge in [-0.15, -0.1) is 0 Å². The molecule has 33 heavy (non-hydrogen) atoms. The molecular formula is C23H25N3O6S. The molecule has 3 amide bonds. The van der Waals surface area contributed by atoms with Gasteiger partial charge in [-0.3, -0.25) is 19.3 Å². The van der Waals surface area contributed by atoms with E-state index in [0.29, 0.717) is 21.7 Å². The summed E-state index contributed by atoms with van der Waals surface area (Å²) in [4.78, 5) is 54.1. The number of hydrogen-bond donors (Lipinski definition) is 2. The number of thioether (sulfide) groups is 1. The fraction of sp³-hybridized carbons (Fsp3) is 0.304. The van der Waals surface area contributed by atoms with Crippen molar-refractivity contribution < 1.29 is 28.7 Å². The average Bonchev–Trinajstić information content (AvgIpc) is 3.23. The van der Waals surface area contributed by atoms with E-state index in [-0.39, 0.29) is 37.2 Å². The predicted molar refractivity (Wildman–Crippen MR) is 124 cm³/mol. The molecule has 1 aliphatic rings. The van der Waals surface area contributed by atoms with Crippen LogP contribution in [0.3, 0.4) is 0 Å². The zero-order valence-corrected chi connectivity index (χ0v) is 19.4. The second-order valence-electron chi connectivity index (χ2n) is 7.25. The minimum absolute atomic E-state index is 0.0349. The zero-order chi connectivity index (χ0) is 24.0. The van der Waals surface area contributed by atoms with Gasteiger partial charge in [0.05, 0.1) is 17.1 Å². The number of aryl methyl sites for hydroxylation is 1. The molecule has 0 spiro atoms. The molecule has 2 heterocycles. The van der Waals surface area contributed by atoms with Crippen molar-refractivity contribution in [3.63, 3.8) is 0 Å². The summed E-state index contributed by atoms with van der Waals surface area (Å²) in [6, 6.07) is 9.25. The van der Waals surface area contributed by atoms with Gasteiger partial charge in [0, 0.05) is 25.9 Å². The van der Waals surface area contributed by atoms with E-state index in [1.165, 1.54) is 7.11 Å². The van der Waals surface area contributed by atoms with Crippen molar-refractivity contribution in [1.82, 2.24) is 15.2 Å². The number of amides is 3. The number of rotatable bonds is 9. The first-order valence-corrected chi connectivity index (χ1v) is 11.1. The molecule has 1 saturated heterocycles. The minimum atomic E-state index is -0.541. The van der Waals surface area contributed by atoms with Gasteiger partial charge in [-0.05, 0) is 42.8 Å². The summed E-state index contributed by atoms with van der Waals surface area (Å²) in [5.41, 5.74) is 2.32. The van der Waals surface area contributed by atoms with Crippen LogP contribution in [0.5, 0.6) is 0 Å². The van der Waals surface area contributed by atoms with E-state index in [9.17, 15) is 19.2 Å².